The molecule has 0 radical (unpaired) electrons. The number of carboxylic acids is 1. The van der Waals surface area contributed by atoms with E-state index in [-0.39, 0.29) is 23.5 Å². The summed E-state index contributed by atoms with van der Waals surface area (Å²) in [6, 6.07) is 10.8. The Kier molecular flexibility index (Phi) is 12.5. The molecule has 6 nitrogen and oxygen atoms in total. The molecule has 0 bridgehead atoms. The molecule has 0 aliphatic carbocycles. The van der Waals surface area contributed by atoms with E-state index in [0.29, 0.717) is 11.1 Å². The molecule has 2 atom stereocenters. The summed E-state index contributed by atoms with van der Waals surface area (Å²) < 4.78 is 0. The second kappa shape index (κ2) is 14.3. The van der Waals surface area contributed by atoms with Crippen LogP contribution < -0.4 is 0 Å². The zero-order valence-electron chi connectivity index (χ0n) is 27.4. The number of carbonyl (C=O) groups is 3. The second-order valence-corrected chi connectivity index (χ2v) is 12.6. The number of carbonyl (C=O) groups excluding carboxylic acids is 2. The maximum Gasteiger partial charge on any atom is 0.326 e. The van der Waals surface area contributed by atoms with Crippen LogP contribution in [0.2, 0.25) is 0 Å². The third kappa shape index (κ3) is 8.06. The Morgan fingerprint density at radius 1 is 0.829 bits per heavy atom. The van der Waals surface area contributed by atoms with E-state index in [4.69, 9.17) is 0 Å². The average molecular weight is 568 g/mol. The average Bonchev–Trinajstić information content (AvgIpc) is 2.88. The van der Waals surface area contributed by atoms with E-state index in [2.05, 4.69) is 33.8 Å². The van der Waals surface area contributed by atoms with Crippen LogP contribution in [-0.4, -0.2) is 51.5 Å². The highest BCUT2D eigenvalue weighted by atomic mass is 16.4. The van der Waals surface area contributed by atoms with Crippen LogP contribution in [0.1, 0.15) is 131 Å². The summed E-state index contributed by atoms with van der Waals surface area (Å²) in [5.74, 6) is -1.45. The number of hydrogen-bond acceptors (Lipinski definition) is 4. The van der Waals surface area contributed by atoms with Gasteiger partial charge in [-0.05, 0) is 74.3 Å². The number of hydrogen-bond donors (Lipinski definition) is 2. The first kappa shape index (κ1) is 36.0. The Hall–Kier alpha value is -2.99. The number of aliphatic hydroxyl groups is 1. The lowest BCUT2D eigenvalue weighted by Crippen LogP contribution is -2.41. The molecule has 2 N–H and O–H groups in total. The summed E-state index contributed by atoms with van der Waals surface area (Å²) in [6.07, 6.45) is 2.93. The topological polar surface area (TPSA) is 94.9 Å². The van der Waals surface area contributed by atoms with Gasteiger partial charge in [0.1, 0.15) is 6.04 Å². The molecule has 2 aromatic rings. The molecule has 41 heavy (non-hydrogen) atoms. The van der Waals surface area contributed by atoms with Gasteiger partial charge in [0.2, 0.25) is 0 Å². The molecule has 6 heteroatoms. The van der Waals surface area contributed by atoms with Gasteiger partial charge in [-0.2, -0.15) is 0 Å². The number of nitrogens with zero attached hydrogens (tertiary/aromatic N) is 1. The third-order valence-corrected chi connectivity index (χ3v) is 8.68. The Balaban J connectivity index is 0.00000268. The van der Waals surface area contributed by atoms with Crippen molar-refractivity contribution >= 4 is 17.7 Å². The highest BCUT2D eigenvalue weighted by molar-refractivity contribution is 5.98. The lowest BCUT2D eigenvalue weighted by Gasteiger charge is -2.37. The van der Waals surface area contributed by atoms with Gasteiger partial charge in [-0.25, -0.2) is 4.79 Å². The number of likely N-dealkylation sites (N-methyl/N-ethyl adjacent to an activating group) is 1. The van der Waals surface area contributed by atoms with E-state index in [0.717, 1.165) is 35.1 Å². The summed E-state index contributed by atoms with van der Waals surface area (Å²) in [7, 11) is 1.50. The fraction of sp³-hybridized carbons (Fsp3) is 0.571. The number of ketones is 1. The van der Waals surface area contributed by atoms with Crippen LogP contribution in [0.15, 0.2) is 36.4 Å². The fourth-order valence-electron chi connectivity index (χ4n) is 4.91. The van der Waals surface area contributed by atoms with Gasteiger partial charge in [0, 0.05) is 30.0 Å². The van der Waals surface area contributed by atoms with Gasteiger partial charge in [-0.3, -0.25) is 9.59 Å². The maximum atomic E-state index is 13.2. The second-order valence-electron chi connectivity index (χ2n) is 12.6. The van der Waals surface area contributed by atoms with Gasteiger partial charge in [0.25, 0.3) is 5.91 Å². The molecule has 0 aliphatic rings. The summed E-state index contributed by atoms with van der Waals surface area (Å²) in [5.41, 5.74) is 3.04. The standard InChI is InChI=1S/C32H45NO5.C3H8/c1-11-32(12-2,24-14-16-26(21(4)18-24)28(35)33(10)22(5)29(36)37)23-13-15-25(20(3)17-23)27(34)19-31(9,38)30(6,7)8;1-3-2/h13-18,22,38H,11-12,19H2,1-10H3,(H,36,37);3H2,1-2H3. The molecule has 0 fully saturated rings. The minimum atomic E-state index is -1.13. The van der Waals surface area contributed by atoms with E-state index < -0.39 is 23.0 Å². The first-order valence-electron chi connectivity index (χ1n) is 14.8. The molecule has 2 unspecified atom stereocenters. The quantitative estimate of drug-likeness (QED) is 0.286. The lowest BCUT2D eigenvalue weighted by atomic mass is 9.69. The molecule has 0 spiro atoms. The van der Waals surface area contributed by atoms with Crippen molar-refractivity contribution in [2.75, 3.05) is 7.05 Å². The zero-order chi connectivity index (χ0) is 31.9. The Labute approximate surface area is 248 Å². The van der Waals surface area contributed by atoms with Gasteiger partial charge in [0.05, 0.1) is 5.60 Å². The first-order chi connectivity index (χ1) is 18.8. The molecule has 228 valence electrons. The molecule has 0 saturated carbocycles. The normalized spacial score (nSPS) is 13.9. The van der Waals surface area contributed by atoms with Crippen molar-refractivity contribution in [2.24, 2.45) is 5.41 Å². The van der Waals surface area contributed by atoms with Crippen LogP contribution in [-0.2, 0) is 10.2 Å². The number of benzene rings is 2. The molecule has 2 aromatic carbocycles. The minimum absolute atomic E-state index is 0.0486. The van der Waals surface area contributed by atoms with E-state index in [1.54, 1.807) is 13.0 Å². The van der Waals surface area contributed by atoms with Crippen LogP contribution in [0.5, 0.6) is 0 Å². The van der Waals surface area contributed by atoms with Crippen LogP contribution in [0.25, 0.3) is 0 Å². The van der Waals surface area contributed by atoms with E-state index >= 15 is 0 Å². The summed E-state index contributed by atoms with van der Waals surface area (Å²) >= 11 is 0. The monoisotopic (exact) mass is 567 g/mol. The highest BCUT2D eigenvalue weighted by Crippen LogP contribution is 2.41. The van der Waals surface area contributed by atoms with Crippen molar-refractivity contribution in [3.05, 3.63) is 69.8 Å². The van der Waals surface area contributed by atoms with Gasteiger partial charge in [-0.15, -0.1) is 0 Å². The van der Waals surface area contributed by atoms with Gasteiger partial charge in [0.15, 0.2) is 5.78 Å². The van der Waals surface area contributed by atoms with Crippen molar-refractivity contribution in [1.29, 1.82) is 0 Å². The van der Waals surface area contributed by atoms with Crippen molar-refractivity contribution in [3.63, 3.8) is 0 Å². The molecular formula is C35H53NO5. The maximum absolute atomic E-state index is 13.2. The van der Waals surface area contributed by atoms with Crippen molar-refractivity contribution in [1.82, 2.24) is 4.90 Å². The Morgan fingerprint density at radius 2 is 1.24 bits per heavy atom. The highest BCUT2D eigenvalue weighted by Gasteiger charge is 2.38. The van der Waals surface area contributed by atoms with Gasteiger partial charge in [-0.1, -0.05) is 85.2 Å². The zero-order valence-corrected chi connectivity index (χ0v) is 27.4. The predicted octanol–water partition coefficient (Wildman–Crippen LogP) is 7.74. The number of carboxylic acid groups (broad SMARTS) is 1. The molecular weight excluding hydrogens is 514 g/mol. The number of rotatable bonds is 10. The summed E-state index contributed by atoms with van der Waals surface area (Å²) in [6.45, 7) is 21.3. The SMILES string of the molecule is CCC.CCC(CC)(c1ccc(C(=O)CC(C)(O)C(C)(C)C)c(C)c1)c1ccc(C(=O)N(C)C(C)C(=O)O)c(C)c1. The number of aliphatic carboxylic acids is 1. The molecule has 0 heterocycles. The van der Waals surface area contributed by atoms with Crippen LogP contribution in [0, 0.1) is 19.3 Å². The molecule has 0 saturated heterocycles. The third-order valence-electron chi connectivity index (χ3n) is 8.68. The number of amides is 1. The number of Topliss-reactive ketones (excluding diaryl/α,β-unsaturated/α-hetero) is 1. The van der Waals surface area contributed by atoms with Gasteiger partial charge < -0.3 is 15.1 Å². The number of aryl methyl sites for hydroxylation is 2. The largest absolute Gasteiger partial charge is 0.480 e. The van der Waals surface area contributed by atoms with Crippen molar-refractivity contribution < 1.29 is 24.6 Å². The van der Waals surface area contributed by atoms with Crippen molar-refractivity contribution in [3.8, 4) is 0 Å². The molecule has 0 aromatic heterocycles. The summed E-state index contributed by atoms with van der Waals surface area (Å²) in [5, 5.41) is 20.2. The summed E-state index contributed by atoms with van der Waals surface area (Å²) in [4.78, 5) is 38.8. The smallest absolute Gasteiger partial charge is 0.326 e. The van der Waals surface area contributed by atoms with Crippen LogP contribution >= 0.6 is 0 Å². The van der Waals surface area contributed by atoms with E-state index in [1.165, 1.54) is 25.3 Å². The van der Waals surface area contributed by atoms with Crippen molar-refractivity contribution in [2.45, 2.75) is 119 Å². The van der Waals surface area contributed by atoms with E-state index in [9.17, 15) is 24.6 Å². The van der Waals surface area contributed by atoms with Crippen LogP contribution in [0.4, 0.5) is 0 Å². The molecule has 2 rings (SSSR count). The van der Waals surface area contributed by atoms with E-state index in [1.807, 2.05) is 58.9 Å². The minimum Gasteiger partial charge on any atom is -0.480 e. The fourth-order valence-corrected chi connectivity index (χ4v) is 4.91. The van der Waals surface area contributed by atoms with Gasteiger partial charge >= 0.3 is 5.97 Å². The molecule has 1 amide bonds. The lowest BCUT2D eigenvalue weighted by molar-refractivity contribution is -0.141. The predicted molar refractivity (Wildman–Crippen MR) is 168 cm³/mol. The molecule has 0 aliphatic heterocycles. The van der Waals surface area contributed by atoms with Crippen LogP contribution in [0.3, 0.4) is 0 Å². The Bertz CT molecular complexity index is 1220. The first-order valence-corrected chi connectivity index (χ1v) is 14.8. The Morgan fingerprint density at radius 3 is 1.59 bits per heavy atom.